The van der Waals surface area contributed by atoms with Crippen molar-refractivity contribution in [1.82, 2.24) is 10.2 Å². The molecule has 1 N–H and O–H groups in total. The summed E-state index contributed by atoms with van der Waals surface area (Å²) in [6, 6.07) is 17.1. The van der Waals surface area contributed by atoms with Crippen molar-refractivity contribution in [3.8, 4) is 6.07 Å². The van der Waals surface area contributed by atoms with E-state index in [9.17, 15) is 9.59 Å². The van der Waals surface area contributed by atoms with Crippen molar-refractivity contribution in [2.75, 3.05) is 13.1 Å². The summed E-state index contributed by atoms with van der Waals surface area (Å²) in [5.41, 5.74) is 1.61. The molecule has 3 rings (SSSR count). The topological polar surface area (TPSA) is 73.2 Å². The molecule has 0 aromatic heterocycles. The lowest BCUT2D eigenvalue weighted by Gasteiger charge is -2.35. The maximum Gasteiger partial charge on any atom is 0.254 e. The Morgan fingerprint density at radius 2 is 1.96 bits per heavy atom. The summed E-state index contributed by atoms with van der Waals surface area (Å²) in [5.74, 6) is -0.432. The fourth-order valence-corrected chi connectivity index (χ4v) is 2.74. The summed E-state index contributed by atoms with van der Waals surface area (Å²) in [5, 5.41) is 11.8. The van der Waals surface area contributed by atoms with Crippen LogP contribution in [0.4, 0.5) is 0 Å². The first kappa shape index (κ1) is 14.8. The second-order valence-corrected chi connectivity index (χ2v) is 5.30. The molecular formula is C18H15N3O2. The van der Waals surface area contributed by atoms with Gasteiger partial charge < -0.3 is 10.2 Å². The zero-order valence-electron chi connectivity index (χ0n) is 12.4. The Bertz CT molecular complexity index is 780. The number of hydrogen-bond donors (Lipinski definition) is 1. The van der Waals surface area contributed by atoms with Gasteiger partial charge in [-0.15, -0.1) is 0 Å². The average Bonchev–Trinajstić information content (AvgIpc) is 2.61. The first-order valence-electron chi connectivity index (χ1n) is 7.34. The van der Waals surface area contributed by atoms with Crippen molar-refractivity contribution >= 4 is 11.8 Å². The molecule has 1 aliphatic rings. The molecule has 1 aliphatic heterocycles. The number of carbonyl (C=O) groups excluding carboxylic acids is 2. The maximum absolute atomic E-state index is 12.8. The summed E-state index contributed by atoms with van der Waals surface area (Å²) in [6.07, 6.45) is 0. The van der Waals surface area contributed by atoms with E-state index in [1.165, 1.54) is 0 Å². The lowest BCUT2D eigenvalue weighted by atomic mass is 10.0. The quantitative estimate of drug-likeness (QED) is 0.920. The largest absolute Gasteiger partial charge is 0.352 e. The number of piperazine rings is 1. The zero-order valence-corrected chi connectivity index (χ0v) is 12.4. The highest BCUT2D eigenvalue weighted by molar-refractivity contribution is 5.98. The van der Waals surface area contributed by atoms with E-state index < -0.39 is 6.04 Å². The predicted octanol–water partition coefficient (Wildman–Crippen LogP) is 1.87. The number of nitriles is 1. The van der Waals surface area contributed by atoms with Gasteiger partial charge in [0.15, 0.2) is 0 Å². The second-order valence-electron chi connectivity index (χ2n) is 5.30. The molecule has 1 fully saturated rings. The van der Waals surface area contributed by atoms with Crippen LogP contribution in [0.1, 0.15) is 27.5 Å². The van der Waals surface area contributed by atoms with E-state index in [1.54, 1.807) is 29.2 Å². The molecule has 23 heavy (non-hydrogen) atoms. The molecule has 0 bridgehead atoms. The molecule has 1 atom stereocenters. The van der Waals surface area contributed by atoms with Crippen LogP contribution in [0.2, 0.25) is 0 Å². The molecule has 0 radical (unpaired) electrons. The fraction of sp³-hybridized carbons (Fsp3) is 0.167. The lowest BCUT2D eigenvalue weighted by molar-refractivity contribution is -0.128. The van der Waals surface area contributed by atoms with Crippen molar-refractivity contribution in [2.24, 2.45) is 0 Å². The van der Waals surface area contributed by atoms with Crippen molar-refractivity contribution in [3.05, 3.63) is 71.3 Å². The fourth-order valence-electron chi connectivity index (χ4n) is 2.74. The molecule has 1 unspecified atom stereocenters. The maximum atomic E-state index is 12.8. The van der Waals surface area contributed by atoms with Gasteiger partial charge in [-0.25, -0.2) is 0 Å². The third kappa shape index (κ3) is 2.92. The number of amides is 2. The van der Waals surface area contributed by atoms with Crippen LogP contribution in [0.15, 0.2) is 54.6 Å². The first-order chi connectivity index (χ1) is 11.2. The van der Waals surface area contributed by atoms with Crippen LogP contribution in [0.3, 0.4) is 0 Å². The SMILES string of the molecule is N#Cc1cccc(C(=O)N2CCNC(=O)C2c2ccccc2)c1. The van der Waals surface area contributed by atoms with E-state index in [0.717, 1.165) is 5.56 Å². The molecule has 0 spiro atoms. The Hall–Kier alpha value is -3.13. The molecule has 0 aliphatic carbocycles. The second kappa shape index (κ2) is 6.32. The minimum atomic E-state index is -0.650. The molecule has 0 saturated carbocycles. The summed E-state index contributed by atoms with van der Waals surface area (Å²) in [6.45, 7) is 0.854. The van der Waals surface area contributed by atoms with Gasteiger partial charge in [-0.2, -0.15) is 5.26 Å². The first-order valence-corrected chi connectivity index (χ1v) is 7.34. The van der Waals surface area contributed by atoms with Gasteiger partial charge in [-0.05, 0) is 23.8 Å². The van der Waals surface area contributed by atoms with Crippen LogP contribution < -0.4 is 5.32 Å². The summed E-state index contributed by atoms with van der Waals surface area (Å²) < 4.78 is 0. The third-order valence-electron chi connectivity index (χ3n) is 3.83. The number of rotatable bonds is 2. The zero-order chi connectivity index (χ0) is 16.2. The van der Waals surface area contributed by atoms with Crippen LogP contribution in [-0.2, 0) is 4.79 Å². The molecule has 5 heteroatoms. The van der Waals surface area contributed by atoms with E-state index >= 15 is 0 Å². The molecule has 2 aromatic rings. The minimum Gasteiger partial charge on any atom is -0.352 e. The van der Waals surface area contributed by atoms with Crippen molar-refractivity contribution < 1.29 is 9.59 Å². The Labute approximate surface area is 134 Å². The van der Waals surface area contributed by atoms with E-state index in [4.69, 9.17) is 5.26 Å². The predicted molar refractivity (Wildman–Crippen MR) is 84.4 cm³/mol. The van der Waals surface area contributed by atoms with Gasteiger partial charge in [-0.3, -0.25) is 9.59 Å². The van der Waals surface area contributed by atoms with Crippen LogP contribution in [0, 0.1) is 11.3 Å². The van der Waals surface area contributed by atoms with Gasteiger partial charge in [-0.1, -0.05) is 36.4 Å². The molecule has 2 aromatic carbocycles. The molecule has 5 nitrogen and oxygen atoms in total. The number of carbonyl (C=O) groups is 2. The van der Waals surface area contributed by atoms with Gasteiger partial charge in [0.1, 0.15) is 6.04 Å². The molecule has 1 saturated heterocycles. The van der Waals surface area contributed by atoms with Crippen LogP contribution >= 0.6 is 0 Å². The van der Waals surface area contributed by atoms with Gasteiger partial charge in [0.05, 0.1) is 11.6 Å². The van der Waals surface area contributed by atoms with E-state index in [-0.39, 0.29) is 11.8 Å². The normalized spacial score (nSPS) is 17.3. The van der Waals surface area contributed by atoms with Crippen LogP contribution in [0.5, 0.6) is 0 Å². The van der Waals surface area contributed by atoms with Gasteiger partial charge in [0.25, 0.3) is 5.91 Å². The van der Waals surface area contributed by atoms with E-state index in [0.29, 0.717) is 24.2 Å². The van der Waals surface area contributed by atoms with E-state index in [2.05, 4.69) is 5.32 Å². The highest BCUT2D eigenvalue weighted by Crippen LogP contribution is 2.25. The van der Waals surface area contributed by atoms with Crippen LogP contribution in [-0.4, -0.2) is 29.8 Å². The monoisotopic (exact) mass is 305 g/mol. The lowest BCUT2D eigenvalue weighted by Crippen LogP contribution is -2.52. The van der Waals surface area contributed by atoms with Gasteiger partial charge in [0, 0.05) is 18.7 Å². The molecular weight excluding hydrogens is 290 g/mol. The van der Waals surface area contributed by atoms with E-state index in [1.807, 2.05) is 36.4 Å². The summed E-state index contributed by atoms with van der Waals surface area (Å²) in [7, 11) is 0. The summed E-state index contributed by atoms with van der Waals surface area (Å²) >= 11 is 0. The smallest absolute Gasteiger partial charge is 0.254 e. The average molecular weight is 305 g/mol. The molecule has 2 amide bonds. The van der Waals surface area contributed by atoms with Crippen molar-refractivity contribution in [2.45, 2.75) is 6.04 Å². The molecule has 114 valence electrons. The standard InChI is InChI=1S/C18H15N3O2/c19-12-13-5-4-8-15(11-13)18(23)21-10-9-20-17(22)16(21)14-6-2-1-3-7-14/h1-8,11,16H,9-10H2,(H,20,22). The highest BCUT2D eigenvalue weighted by atomic mass is 16.2. The Morgan fingerprint density at radius 1 is 1.17 bits per heavy atom. The third-order valence-corrected chi connectivity index (χ3v) is 3.83. The molecule has 1 heterocycles. The number of nitrogens with one attached hydrogen (secondary N) is 1. The highest BCUT2D eigenvalue weighted by Gasteiger charge is 2.34. The van der Waals surface area contributed by atoms with Crippen LogP contribution in [0.25, 0.3) is 0 Å². The minimum absolute atomic E-state index is 0.188. The Morgan fingerprint density at radius 3 is 2.70 bits per heavy atom. The van der Waals surface area contributed by atoms with Gasteiger partial charge >= 0.3 is 0 Å². The number of benzene rings is 2. The Kier molecular flexibility index (Phi) is 4.07. The number of hydrogen-bond acceptors (Lipinski definition) is 3. The van der Waals surface area contributed by atoms with Crippen molar-refractivity contribution in [1.29, 1.82) is 5.26 Å². The Balaban J connectivity index is 1.96. The van der Waals surface area contributed by atoms with Gasteiger partial charge in [0.2, 0.25) is 5.91 Å². The van der Waals surface area contributed by atoms with Crippen molar-refractivity contribution in [3.63, 3.8) is 0 Å². The number of nitrogens with zero attached hydrogens (tertiary/aromatic N) is 2. The summed E-state index contributed by atoms with van der Waals surface area (Å²) in [4.78, 5) is 26.7.